The minimum absolute atomic E-state index is 0. The van der Waals surface area contributed by atoms with Crippen LogP contribution >= 0.6 is 24.2 Å². The van der Waals surface area contributed by atoms with Crippen molar-refractivity contribution in [2.75, 3.05) is 6.61 Å². The van der Waals surface area contributed by atoms with Gasteiger partial charge in [0.1, 0.15) is 12.4 Å². The van der Waals surface area contributed by atoms with Gasteiger partial charge >= 0.3 is 5.97 Å². The van der Waals surface area contributed by atoms with Crippen LogP contribution in [0.2, 0.25) is 0 Å². The molecule has 0 saturated heterocycles. The molecule has 0 radical (unpaired) electrons. The van der Waals surface area contributed by atoms with Crippen molar-refractivity contribution in [2.45, 2.75) is 4.90 Å². The van der Waals surface area contributed by atoms with Crippen LogP contribution in [0.5, 0.6) is 5.75 Å². The van der Waals surface area contributed by atoms with E-state index in [0.29, 0.717) is 11.5 Å². The zero-order valence-corrected chi connectivity index (χ0v) is 10.3. The van der Waals surface area contributed by atoms with Crippen molar-refractivity contribution in [1.29, 1.82) is 0 Å². The van der Waals surface area contributed by atoms with Gasteiger partial charge in [-0.25, -0.2) is 4.79 Å². The van der Waals surface area contributed by atoms with Crippen molar-refractivity contribution in [1.82, 2.24) is 0 Å². The molecule has 0 bridgehead atoms. The molecule has 0 spiro atoms. The third-order valence-corrected chi connectivity index (χ3v) is 2.91. The lowest BCUT2D eigenvalue weighted by molar-refractivity contribution is -0.131. The van der Waals surface area contributed by atoms with E-state index in [-0.39, 0.29) is 23.4 Å². The van der Waals surface area contributed by atoms with Crippen LogP contribution in [-0.4, -0.2) is 28.6 Å². The fraction of sp³-hybridized carbons (Fsp3) is 0.100. The molecule has 17 heavy (non-hydrogen) atoms. The quantitative estimate of drug-likeness (QED) is 0.824. The maximum Gasteiger partial charge on any atom is 0.342 e. The summed E-state index contributed by atoms with van der Waals surface area (Å²) in [6.07, 6.45) is 1.58. The summed E-state index contributed by atoms with van der Waals surface area (Å²) in [6.45, 7) is 0.311. The van der Waals surface area contributed by atoms with Gasteiger partial charge in [0.05, 0.1) is 9.80 Å². The van der Waals surface area contributed by atoms with Gasteiger partial charge in [0.25, 0.3) is 0 Å². The first-order valence-corrected chi connectivity index (χ1v) is 4.92. The molecular formula is C10H13ClO5S. The minimum Gasteiger partial charge on any atom is -0.488 e. The molecule has 1 heterocycles. The fourth-order valence-corrected chi connectivity index (χ4v) is 2.00. The van der Waals surface area contributed by atoms with Crippen molar-refractivity contribution in [3.05, 3.63) is 35.2 Å². The zero-order valence-electron chi connectivity index (χ0n) is 8.67. The standard InChI is InChI=1S/C10H8O3S.ClH.2H2O/c11-10(12)9-5-6-13-7-3-1-2-4-8(7)14-9;;;/h1-5H,6H2,(H,11,12);1H;2*1H2. The maximum atomic E-state index is 10.8. The summed E-state index contributed by atoms with van der Waals surface area (Å²) in [4.78, 5) is 11.9. The van der Waals surface area contributed by atoms with Gasteiger partial charge in [-0.05, 0) is 18.2 Å². The number of carbonyl (C=O) groups is 1. The Kier molecular flexibility index (Phi) is 8.51. The number of hydrogen-bond acceptors (Lipinski definition) is 3. The van der Waals surface area contributed by atoms with Crippen LogP contribution in [0, 0.1) is 0 Å². The van der Waals surface area contributed by atoms with Crippen LogP contribution in [0.25, 0.3) is 0 Å². The van der Waals surface area contributed by atoms with Crippen LogP contribution < -0.4 is 4.74 Å². The Morgan fingerprint density at radius 2 is 1.94 bits per heavy atom. The molecule has 1 aliphatic heterocycles. The van der Waals surface area contributed by atoms with Crippen LogP contribution in [-0.2, 0) is 4.79 Å². The predicted molar refractivity (Wildman–Crippen MR) is 68.0 cm³/mol. The first kappa shape index (κ1) is 18.2. The first-order valence-electron chi connectivity index (χ1n) is 4.10. The topological polar surface area (TPSA) is 110 Å². The van der Waals surface area contributed by atoms with Crippen molar-refractivity contribution >= 4 is 30.1 Å². The second-order valence-electron chi connectivity index (χ2n) is 2.73. The predicted octanol–water partition coefficient (Wildman–Crippen LogP) is 0.912. The van der Waals surface area contributed by atoms with Gasteiger partial charge in [0, 0.05) is 0 Å². The first-order chi connectivity index (χ1) is 6.77. The number of para-hydroxylation sites is 1. The highest BCUT2D eigenvalue weighted by atomic mass is 35.5. The van der Waals surface area contributed by atoms with Crippen LogP contribution in [0.3, 0.4) is 0 Å². The fourth-order valence-electron chi connectivity index (χ4n) is 1.15. The smallest absolute Gasteiger partial charge is 0.342 e. The highest BCUT2D eigenvalue weighted by molar-refractivity contribution is 8.04. The molecule has 0 saturated carbocycles. The highest BCUT2D eigenvalue weighted by Crippen LogP contribution is 2.36. The molecule has 0 aromatic heterocycles. The lowest BCUT2D eigenvalue weighted by atomic mass is 10.3. The van der Waals surface area contributed by atoms with Crippen LogP contribution in [0.1, 0.15) is 0 Å². The second kappa shape index (κ2) is 7.97. The Morgan fingerprint density at radius 3 is 2.59 bits per heavy atom. The van der Waals surface area contributed by atoms with Gasteiger partial charge in [-0.15, -0.1) is 12.4 Å². The van der Waals surface area contributed by atoms with Crippen LogP contribution in [0.4, 0.5) is 0 Å². The van der Waals surface area contributed by atoms with Gasteiger partial charge in [-0.1, -0.05) is 23.9 Å². The molecule has 0 fully saturated rings. The van der Waals surface area contributed by atoms with E-state index in [1.165, 1.54) is 11.8 Å². The van der Waals surface area contributed by atoms with Gasteiger partial charge in [-0.2, -0.15) is 0 Å². The van der Waals surface area contributed by atoms with E-state index in [1.807, 2.05) is 24.3 Å². The molecule has 2 rings (SSSR count). The van der Waals surface area contributed by atoms with Crippen molar-refractivity contribution in [3.63, 3.8) is 0 Å². The molecule has 96 valence electrons. The Labute approximate surface area is 109 Å². The average molecular weight is 281 g/mol. The van der Waals surface area contributed by atoms with E-state index in [4.69, 9.17) is 9.84 Å². The van der Waals surface area contributed by atoms with E-state index < -0.39 is 5.97 Å². The average Bonchev–Trinajstić information content (AvgIpc) is 2.39. The number of rotatable bonds is 1. The summed E-state index contributed by atoms with van der Waals surface area (Å²) in [5.74, 6) is -0.166. The number of fused-ring (bicyclic) bond motifs is 1. The maximum absolute atomic E-state index is 10.8. The molecule has 1 aromatic rings. The number of thioether (sulfide) groups is 1. The summed E-state index contributed by atoms with van der Waals surface area (Å²) < 4.78 is 5.37. The summed E-state index contributed by atoms with van der Waals surface area (Å²) in [7, 11) is 0. The molecule has 5 nitrogen and oxygen atoms in total. The van der Waals surface area contributed by atoms with E-state index in [0.717, 1.165) is 10.6 Å². The van der Waals surface area contributed by atoms with Crippen molar-refractivity contribution in [2.24, 2.45) is 0 Å². The van der Waals surface area contributed by atoms with E-state index in [2.05, 4.69) is 0 Å². The monoisotopic (exact) mass is 280 g/mol. The SMILES string of the molecule is Cl.O.O.O=C(O)C1=CCOc2ccccc2S1. The third kappa shape index (κ3) is 4.27. The number of ether oxygens (including phenoxy) is 1. The summed E-state index contributed by atoms with van der Waals surface area (Å²) in [6, 6.07) is 7.41. The zero-order chi connectivity index (χ0) is 9.97. The molecule has 0 unspecified atom stereocenters. The van der Waals surface area contributed by atoms with E-state index >= 15 is 0 Å². The van der Waals surface area contributed by atoms with Gasteiger partial charge < -0.3 is 20.8 Å². The Morgan fingerprint density at radius 1 is 1.29 bits per heavy atom. The lowest BCUT2D eigenvalue weighted by Gasteiger charge is -2.04. The Balaban J connectivity index is 0. The number of halogens is 1. The number of carboxylic acid groups (broad SMARTS) is 1. The summed E-state index contributed by atoms with van der Waals surface area (Å²) in [5.41, 5.74) is 0. The number of carboxylic acids is 1. The lowest BCUT2D eigenvalue weighted by Crippen LogP contribution is -1.97. The Hall–Kier alpha value is -1.21. The Bertz CT molecular complexity index is 407. The molecule has 1 aliphatic rings. The molecule has 1 aromatic carbocycles. The molecular weight excluding hydrogens is 268 g/mol. The van der Waals surface area contributed by atoms with E-state index in [1.54, 1.807) is 6.08 Å². The number of hydrogen-bond donors (Lipinski definition) is 1. The van der Waals surface area contributed by atoms with Gasteiger partial charge in [0.15, 0.2) is 0 Å². The minimum atomic E-state index is -0.907. The molecule has 0 aliphatic carbocycles. The van der Waals surface area contributed by atoms with Gasteiger partial charge in [-0.3, -0.25) is 0 Å². The molecule has 7 heteroatoms. The summed E-state index contributed by atoms with van der Waals surface area (Å²) in [5, 5.41) is 8.84. The summed E-state index contributed by atoms with van der Waals surface area (Å²) >= 11 is 1.22. The van der Waals surface area contributed by atoms with E-state index in [9.17, 15) is 4.79 Å². The molecule has 0 amide bonds. The number of benzene rings is 1. The number of aliphatic carboxylic acids is 1. The van der Waals surface area contributed by atoms with Crippen LogP contribution in [0.15, 0.2) is 40.1 Å². The van der Waals surface area contributed by atoms with Gasteiger partial charge in [0.2, 0.25) is 0 Å². The molecule has 0 atom stereocenters. The largest absolute Gasteiger partial charge is 0.488 e. The van der Waals surface area contributed by atoms with Crippen molar-refractivity contribution < 1.29 is 25.6 Å². The normalized spacial score (nSPS) is 12.1. The second-order valence-corrected chi connectivity index (χ2v) is 3.82. The van der Waals surface area contributed by atoms with Crippen molar-refractivity contribution in [3.8, 4) is 5.75 Å². The molecule has 5 N–H and O–H groups in total. The highest BCUT2D eigenvalue weighted by Gasteiger charge is 2.15. The third-order valence-electron chi connectivity index (χ3n) is 1.79.